The van der Waals surface area contributed by atoms with Gasteiger partial charge in [0.2, 0.25) is 5.67 Å². The molecule has 0 spiro atoms. The average molecular weight is 174 g/mol. The number of esters is 1. The fraction of sp³-hybridized carbons (Fsp3) is 0.875. The zero-order chi connectivity index (χ0) is 8.77. The van der Waals surface area contributed by atoms with Crippen molar-refractivity contribution in [2.45, 2.75) is 37.1 Å². The van der Waals surface area contributed by atoms with Crippen LogP contribution >= 0.6 is 0 Å². The zero-order valence-corrected chi connectivity index (χ0v) is 6.88. The second-order valence-corrected chi connectivity index (χ2v) is 3.38. The maximum Gasteiger partial charge on any atom is 0.346 e. The fourth-order valence-corrected chi connectivity index (χ4v) is 2.04. The summed E-state index contributed by atoms with van der Waals surface area (Å²) in [6, 6.07) is 0. The molecule has 0 aliphatic carbocycles. The van der Waals surface area contributed by atoms with Crippen molar-refractivity contribution in [1.29, 1.82) is 0 Å². The summed E-state index contributed by atoms with van der Waals surface area (Å²) in [4.78, 5) is 11.0. The maximum atomic E-state index is 13.8. The van der Waals surface area contributed by atoms with Crippen LogP contribution in [0.25, 0.3) is 0 Å². The van der Waals surface area contributed by atoms with Crippen LogP contribution in [0.1, 0.15) is 19.3 Å². The first kappa shape index (κ1) is 7.98. The van der Waals surface area contributed by atoms with Gasteiger partial charge < -0.3 is 9.47 Å². The molecular formula is C8H11FO3. The molecule has 2 saturated heterocycles. The Morgan fingerprint density at radius 2 is 2.42 bits per heavy atom. The summed E-state index contributed by atoms with van der Waals surface area (Å²) in [5.74, 6) is -0.783. The monoisotopic (exact) mass is 174 g/mol. The highest BCUT2D eigenvalue weighted by atomic mass is 19.1. The van der Waals surface area contributed by atoms with Crippen molar-refractivity contribution >= 4 is 5.97 Å². The van der Waals surface area contributed by atoms with E-state index in [1.54, 1.807) is 0 Å². The van der Waals surface area contributed by atoms with Gasteiger partial charge in [-0.3, -0.25) is 0 Å². The standard InChI is InChI=1S/C8H11FO3/c1-11-7(10)8(9)4-5-2-3-6(8)12-5/h5-6H,2-4H2,1H3/t5-,6-,8-/m0/s1. The minimum absolute atomic E-state index is 0.0703. The van der Waals surface area contributed by atoms with Crippen LogP contribution in [0.2, 0.25) is 0 Å². The lowest BCUT2D eigenvalue weighted by Crippen LogP contribution is -2.43. The van der Waals surface area contributed by atoms with E-state index in [0.717, 1.165) is 6.42 Å². The Kier molecular flexibility index (Phi) is 1.61. The molecule has 0 N–H and O–H groups in total. The van der Waals surface area contributed by atoms with E-state index >= 15 is 0 Å². The number of rotatable bonds is 1. The molecule has 0 aromatic rings. The Bertz CT molecular complexity index is 218. The largest absolute Gasteiger partial charge is 0.467 e. The number of methoxy groups -OCH3 is 1. The molecule has 4 heteroatoms. The molecule has 2 bridgehead atoms. The van der Waals surface area contributed by atoms with Gasteiger partial charge in [-0.25, -0.2) is 9.18 Å². The number of carbonyl (C=O) groups excluding carboxylic acids is 1. The Morgan fingerprint density at radius 1 is 1.67 bits per heavy atom. The van der Waals surface area contributed by atoms with Crippen molar-refractivity contribution < 1.29 is 18.7 Å². The molecule has 0 saturated carbocycles. The van der Waals surface area contributed by atoms with E-state index < -0.39 is 17.7 Å². The summed E-state index contributed by atoms with van der Waals surface area (Å²) >= 11 is 0. The van der Waals surface area contributed by atoms with Crippen LogP contribution in [-0.4, -0.2) is 31.0 Å². The van der Waals surface area contributed by atoms with Crippen molar-refractivity contribution in [1.82, 2.24) is 0 Å². The maximum absolute atomic E-state index is 13.8. The molecule has 0 radical (unpaired) electrons. The lowest BCUT2D eigenvalue weighted by atomic mass is 9.86. The molecule has 68 valence electrons. The molecule has 2 aliphatic heterocycles. The van der Waals surface area contributed by atoms with E-state index in [9.17, 15) is 9.18 Å². The fourth-order valence-electron chi connectivity index (χ4n) is 2.04. The third-order valence-corrected chi connectivity index (χ3v) is 2.67. The van der Waals surface area contributed by atoms with Gasteiger partial charge in [-0.2, -0.15) is 0 Å². The SMILES string of the molecule is COC(=O)[C@]1(F)C[C@@H]2CC[C@@H]1O2. The van der Waals surface area contributed by atoms with Crippen molar-refractivity contribution in [3.8, 4) is 0 Å². The Hall–Kier alpha value is -0.640. The van der Waals surface area contributed by atoms with E-state index in [-0.39, 0.29) is 12.5 Å². The smallest absolute Gasteiger partial charge is 0.346 e. The highest BCUT2D eigenvalue weighted by Crippen LogP contribution is 2.44. The van der Waals surface area contributed by atoms with Crippen LogP contribution in [-0.2, 0) is 14.3 Å². The van der Waals surface area contributed by atoms with E-state index in [1.165, 1.54) is 7.11 Å². The summed E-state index contributed by atoms with van der Waals surface area (Å²) in [6.07, 6.45) is 1.04. The molecule has 0 aromatic carbocycles. The van der Waals surface area contributed by atoms with Crippen LogP contribution in [0, 0.1) is 0 Å². The van der Waals surface area contributed by atoms with Gasteiger partial charge >= 0.3 is 5.97 Å². The predicted molar refractivity (Wildman–Crippen MR) is 38.4 cm³/mol. The Morgan fingerprint density at radius 3 is 2.83 bits per heavy atom. The van der Waals surface area contributed by atoms with Gasteiger partial charge in [-0.15, -0.1) is 0 Å². The summed E-state index contributed by atoms with van der Waals surface area (Å²) in [6.45, 7) is 0. The molecule has 2 rings (SSSR count). The first-order valence-corrected chi connectivity index (χ1v) is 4.09. The van der Waals surface area contributed by atoms with Gasteiger partial charge in [0.25, 0.3) is 0 Å². The second kappa shape index (κ2) is 2.42. The van der Waals surface area contributed by atoms with E-state index in [1.807, 2.05) is 0 Å². The quantitative estimate of drug-likeness (QED) is 0.552. The van der Waals surface area contributed by atoms with Gasteiger partial charge in [0.15, 0.2) is 0 Å². The summed E-state index contributed by atoms with van der Waals surface area (Å²) in [5, 5.41) is 0. The zero-order valence-electron chi connectivity index (χ0n) is 6.88. The molecule has 0 unspecified atom stereocenters. The first-order chi connectivity index (χ1) is 5.66. The van der Waals surface area contributed by atoms with E-state index in [2.05, 4.69) is 4.74 Å². The number of carbonyl (C=O) groups is 1. The normalized spacial score (nSPS) is 44.8. The topological polar surface area (TPSA) is 35.5 Å². The molecule has 2 aliphatic rings. The average Bonchev–Trinajstić information content (AvgIpc) is 2.62. The number of alkyl halides is 1. The molecule has 2 fully saturated rings. The number of ether oxygens (including phenoxy) is 2. The molecular weight excluding hydrogens is 163 g/mol. The molecule has 3 atom stereocenters. The summed E-state index contributed by atoms with van der Waals surface area (Å²) < 4.78 is 23.4. The van der Waals surface area contributed by atoms with E-state index in [4.69, 9.17) is 4.74 Å². The predicted octanol–water partition coefficient (Wildman–Crippen LogP) is 0.819. The van der Waals surface area contributed by atoms with Crippen molar-refractivity contribution in [3.63, 3.8) is 0 Å². The first-order valence-electron chi connectivity index (χ1n) is 4.09. The Labute approximate surface area is 69.8 Å². The van der Waals surface area contributed by atoms with Gasteiger partial charge in [0.1, 0.15) is 6.10 Å². The highest BCUT2D eigenvalue weighted by Gasteiger charge is 2.59. The highest BCUT2D eigenvalue weighted by molar-refractivity contribution is 5.81. The molecule has 3 nitrogen and oxygen atoms in total. The van der Waals surface area contributed by atoms with Gasteiger partial charge in [-0.05, 0) is 12.8 Å². The van der Waals surface area contributed by atoms with Gasteiger partial charge in [0, 0.05) is 6.42 Å². The number of fused-ring (bicyclic) bond motifs is 2. The van der Waals surface area contributed by atoms with Crippen LogP contribution in [0.5, 0.6) is 0 Å². The molecule has 2 heterocycles. The lowest BCUT2D eigenvalue weighted by molar-refractivity contribution is -0.158. The van der Waals surface area contributed by atoms with Crippen LogP contribution in [0.3, 0.4) is 0 Å². The molecule has 0 amide bonds. The van der Waals surface area contributed by atoms with Crippen molar-refractivity contribution in [2.75, 3.05) is 7.11 Å². The Balaban J connectivity index is 2.17. The van der Waals surface area contributed by atoms with Gasteiger partial charge in [-0.1, -0.05) is 0 Å². The third kappa shape index (κ3) is 0.874. The van der Waals surface area contributed by atoms with Crippen molar-refractivity contribution in [2.24, 2.45) is 0 Å². The van der Waals surface area contributed by atoms with E-state index in [0.29, 0.717) is 6.42 Å². The minimum atomic E-state index is -1.86. The van der Waals surface area contributed by atoms with Crippen LogP contribution in [0.4, 0.5) is 4.39 Å². The molecule has 12 heavy (non-hydrogen) atoms. The van der Waals surface area contributed by atoms with Crippen LogP contribution < -0.4 is 0 Å². The van der Waals surface area contributed by atoms with Gasteiger partial charge in [0.05, 0.1) is 13.2 Å². The second-order valence-electron chi connectivity index (χ2n) is 3.38. The van der Waals surface area contributed by atoms with Crippen LogP contribution in [0.15, 0.2) is 0 Å². The van der Waals surface area contributed by atoms with Crippen molar-refractivity contribution in [3.05, 3.63) is 0 Å². The third-order valence-electron chi connectivity index (χ3n) is 2.67. The number of hydrogen-bond acceptors (Lipinski definition) is 3. The summed E-state index contributed by atoms with van der Waals surface area (Å²) in [7, 11) is 1.20. The number of halogens is 1. The number of hydrogen-bond donors (Lipinski definition) is 0. The molecule has 0 aromatic heterocycles. The lowest BCUT2D eigenvalue weighted by Gasteiger charge is -2.23. The summed E-state index contributed by atoms with van der Waals surface area (Å²) in [5.41, 5.74) is -1.86. The minimum Gasteiger partial charge on any atom is -0.467 e.